The van der Waals surface area contributed by atoms with Gasteiger partial charge in [0.1, 0.15) is 0 Å². The van der Waals surface area contributed by atoms with Gasteiger partial charge in [-0.05, 0) is 139 Å². The van der Waals surface area contributed by atoms with E-state index in [1.807, 2.05) is 11.3 Å². The highest BCUT2D eigenvalue weighted by Crippen LogP contribution is 2.57. The number of nitrogens with zero attached hydrogens (tertiary/aromatic N) is 2. The first-order valence-corrected chi connectivity index (χ1v) is 25.6. The van der Waals surface area contributed by atoms with Gasteiger partial charge in [0, 0.05) is 59.1 Å². The molecule has 0 amide bonds. The lowest BCUT2D eigenvalue weighted by Gasteiger charge is -2.34. The molecular weight excluding hydrogens is 877 g/mol. The normalized spacial score (nSPS) is 14.0. The summed E-state index contributed by atoms with van der Waals surface area (Å²) in [7, 11) is 0. The molecule has 2 aliphatic carbocycles. The van der Waals surface area contributed by atoms with E-state index >= 15 is 0 Å². The summed E-state index contributed by atoms with van der Waals surface area (Å²) in [5.74, 6) is 0. The maximum absolute atomic E-state index is 2.51. The summed E-state index contributed by atoms with van der Waals surface area (Å²) in [5, 5.41) is 7.58. The Morgan fingerprint density at radius 3 is 1.66 bits per heavy atom. The Bertz CT molecular complexity index is 4280. The first kappa shape index (κ1) is 40.4. The van der Waals surface area contributed by atoms with Crippen molar-refractivity contribution in [2.45, 2.75) is 24.7 Å². The number of aromatic nitrogens is 1. The van der Waals surface area contributed by atoms with Gasteiger partial charge in [0.15, 0.2) is 0 Å². The van der Waals surface area contributed by atoms with E-state index in [1.54, 1.807) is 0 Å². The van der Waals surface area contributed by atoms with Gasteiger partial charge in [-0.3, -0.25) is 0 Å². The Hall–Kier alpha value is -8.50. The standard InChI is InChI=1S/C68H46N2S/c1-67(2)59-26-14-11-25-53(59)55-40-47(31-35-60(55)67)69(49-33-38-65-58(42-49)54-34-29-43-17-9-10-22-50(43)66(54)71-65)48-32-37-64-57(41-48)56-39-45(30-36-63(56)70(64)46-20-7-4-8-21-46)68(44-18-5-3-6-19-44)61-27-15-12-23-51(61)52-24-13-16-28-62(52)68/h3-42H,1-2H3. The van der Waals surface area contributed by atoms with Crippen molar-refractivity contribution in [1.29, 1.82) is 0 Å². The third-order valence-electron chi connectivity index (χ3n) is 16.0. The van der Waals surface area contributed by atoms with E-state index in [2.05, 4.69) is 266 Å². The summed E-state index contributed by atoms with van der Waals surface area (Å²) in [5.41, 5.74) is 19.3. The van der Waals surface area contributed by atoms with Crippen LogP contribution in [0.15, 0.2) is 243 Å². The fourth-order valence-electron chi connectivity index (χ4n) is 12.9. The molecule has 11 aromatic carbocycles. The van der Waals surface area contributed by atoms with Crippen LogP contribution >= 0.6 is 11.3 Å². The first-order valence-electron chi connectivity index (χ1n) is 24.7. The molecule has 0 atom stereocenters. The van der Waals surface area contributed by atoms with Gasteiger partial charge in [0.2, 0.25) is 0 Å². The summed E-state index contributed by atoms with van der Waals surface area (Å²) < 4.78 is 5.09. The van der Waals surface area contributed by atoms with Crippen LogP contribution in [0.1, 0.15) is 47.2 Å². The van der Waals surface area contributed by atoms with Crippen molar-refractivity contribution in [1.82, 2.24) is 4.57 Å². The molecule has 0 spiro atoms. The topological polar surface area (TPSA) is 8.17 Å². The van der Waals surface area contributed by atoms with Crippen molar-refractivity contribution in [2.75, 3.05) is 4.90 Å². The number of para-hydroxylation sites is 1. The number of thiophene rings is 1. The van der Waals surface area contributed by atoms with Crippen molar-refractivity contribution in [3.8, 4) is 27.9 Å². The summed E-state index contributed by atoms with van der Waals surface area (Å²) in [4.78, 5) is 2.50. The lowest BCUT2D eigenvalue weighted by molar-refractivity contribution is 0.660. The van der Waals surface area contributed by atoms with E-state index in [9.17, 15) is 0 Å². The van der Waals surface area contributed by atoms with Gasteiger partial charge >= 0.3 is 0 Å². The molecule has 0 fully saturated rings. The van der Waals surface area contributed by atoms with Gasteiger partial charge in [-0.2, -0.15) is 0 Å². The van der Waals surface area contributed by atoms with Crippen LogP contribution in [-0.2, 0) is 10.8 Å². The van der Waals surface area contributed by atoms with Crippen molar-refractivity contribution >= 4 is 81.1 Å². The third kappa shape index (κ3) is 5.64. The highest BCUT2D eigenvalue weighted by molar-refractivity contribution is 7.26. The summed E-state index contributed by atoms with van der Waals surface area (Å²) in [6.07, 6.45) is 0. The molecule has 0 N–H and O–H groups in total. The number of benzene rings is 11. The van der Waals surface area contributed by atoms with Gasteiger partial charge in [-0.1, -0.05) is 184 Å². The number of rotatable bonds is 6. The van der Waals surface area contributed by atoms with Crippen LogP contribution in [-0.4, -0.2) is 4.57 Å². The second-order valence-corrected chi connectivity index (χ2v) is 21.0. The highest BCUT2D eigenvalue weighted by Gasteiger charge is 2.46. The zero-order chi connectivity index (χ0) is 47.0. The molecule has 71 heavy (non-hydrogen) atoms. The van der Waals surface area contributed by atoms with Crippen molar-refractivity contribution in [3.63, 3.8) is 0 Å². The molecule has 2 aliphatic rings. The van der Waals surface area contributed by atoms with E-state index in [4.69, 9.17) is 0 Å². The van der Waals surface area contributed by atoms with Gasteiger partial charge in [0.25, 0.3) is 0 Å². The molecule has 0 bridgehead atoms. The SMILES string of the molecule is CC1(C)c2ccccc2-c2cc(N(c3ccc4sc5c6ccccc6ccc5c4c3)c3ccc4c(c3)c3cc(C5(c6ccccc6)c6ccccc6-c6ccccc65)ccc3n4-c3ccccc3)ccc21. The lowest BCUT2D eigenvalue weighted by atomic mass is 9.67. The maximum Gasteiger partial charge on any atom is 0.0713 e. The van der Waals surface area contributed by atoms with Crippen LogP contribution in [0.25, 0.3) is 80.7 Å². The molecule has 2 heterocycles. The minimum atomic E-state index is -0.522. The molecule has 0 saturated heterocycles. The number of hydrogen-bond donors (Lipinski definition) is 0. The monoisotopic (exact) mass is 922 g/mol. The van der Waals surface area contributed by atoms with E-state index in [0.717, 1.165) is 22.7 Å². The third-order valence-corrected chi connectivity index (χ3v) is 17.3. The van der Waals surface area contributed by atoms with Crippen LogP contribution in [0.2, 0.25) is 0 Å². The summed E-state index contributed by atoms with van der Waals surface area (Å²) >= 11 is 1.90. The number of hydrogen-bond acceptors (Lipinski definition) is 2. The molecule has 3 heteroatoms. The largest absolute Gasteiger partial charge is 0.310 e. The van der Waals surface area contributed by atoms with Crippen molar-refractivity contribution < 1.29 is 0 Å². The average Bonchev–Trinajstić information content (AvgIpc) is 4.13. The minimum Gasteiger partial charge on any atom is -0.310 e. The molecule has 0 radical (unpaired) electrons. The lowest BCUT2D eigenvalue weighted by Crippen LogP contribution is -2.28. The Kier molecular flexibility index (Phi) is 8.53. The number of fused-ring (bicyclic) bond motifs is 14. The van der Waals surface area contributed by atoms with E-state index in [0.29, 0.717) is 0 Å². The molecule has 0 unspecified atom stereocenters. The molecule has 15 rings (SSSR count). The Balaban J connectivity index is 1.01. The Labute approximate surface area is 417 Å². The molecule has 2 aromatic heterocycles. The minimum absolute atomic E-state index is 0.0973. The van der Waals surface area contributed by atoms with Gasteiger partial charge < -0.3 is 9.47 Å². The summed E-state index contributed by atoms with van der Waals surface area (Å²) in [6.45, 7) is 4.73. The smallest absolute Gasteiger partial charge is 0.0713 e. The molecule has 0 saturated carbocycles. The maximum atomic E-state index is 2.51. The Morgan fingerprint density at radius 2 is 0.915 bits per heavy atom. The first-order chi connectivity index (χ1) is 35.0. The van der Waals surface area contributed by atoms with Crippen LogP contribution in [0.3, 0.4) is 0 Å². The highest BCUT2D eigenvalue weighted by atomic mass is 32.1. The second kappa shape index (κ2) is 15.0. The van der Waals surface area contributed by atoms with Crippen LogP contribution in [0.5, 0.6) is 0 Å². The van der Waals surface area contributed by atoms with Gasteiger partial charge in [-0.15, -0.1) is 11.3 Å². The number of anilines is 3. The zero-order valence-electron chi connectivity index (χ0n) is 39.4. The molecule has 334 valence electrons. The van der Waals surface area contributed by atoms with E-state index in [-0.39, 0.29) is 5.41 Å². The molecule has 2 nitrogen and oxygen atoms in total. The quantitative estimate of drug-likeness (QED) is 0.161. The molecule has 0 aliphatic heterocycles. The molecular formula is C68H46N2S. The molecule has 13 aromatic rings. The average molecular weight is 923 g/mol. The summed E-state index contributed by atoms with van der Waals surface area (Å²) in [6, 6.07) is 91.2. The van der Waals surface area contributed by atoms with E-state index < -0.39 is 5.41 Å². The fraction of sp³-hybridized carbons (Fsp3) is 0.0588. The van der Waals surface area contributed by atoms with Gasteiger partial charge in [0.05, 0.1) is 16.4 Å². The predicted octanol–water partition coefficient (Wildman–Crippen LogP) is 18.4. The van der Waals surface area contributed by atoms with E-state index in [1.165, 1.54) is 108 Å². The van der Waals surface area contributed by atoms with Crippen molar-refractivity contribution in [2.24, 2.45) is 0 Å². The van der Waals surface area contributed by atoms with Crippen LogP contribution in [0, 0.1) is 0 Å². The second-order valence-electron chi connectivity index (χ2n) is 20.0. The van der Waals surface area contributed by atoms with Gasteiger partial charge in [-0.25, -0.2) is 0 Å². The van der Waals surface area contributed by atoms with Crippen molar-refractivity contribution in [3.05, 3.63) is 276 Å². The fourth-order valence-corrected chi connectivity index (χ4v) is 14.1. The zero-order valence-corrected chi connectivity index (χ0v) is 40.2. The van der Waals surface area contributed by atoms with Crippen LogP contribution < -0.4 is 4.90 Å². The van der Waals surface area contributed by atoms with Crippen LogP contribution in [0.4, 0.5) is 17.1 Å². The predicted molar refractivity (Wildman–Crippen MR) is 301 cm³/mol. The Morgan fingerprint density at radius 1 is 0.366 bits per heavy atom.